The lowest BCUT2D eigenvalue weighted by Crippen LogP contribution is -2.49. The average molecular weight is 325 g/mol. The number of hydrogen-bond acceptors (Lipinski definition) is 3. The van der Waals surface area contributed by atoms with E-state index in [1.54, 1.807) is 18.7 Å². The van der Waals surface area contributed by atoms with Crippen LogP contribution in [-0.2, 0) is 6.42 Å². The van der Waals surface area contributed by atoms with Gasteiger partial charge in [-0.25, -0.2) is 9.78 Å². The number of amides is 2. The fraction of sp³-hybridized carbons (Fsp3) is 0.500. The maximum absolute atomic E-state index is 12.9. The van der Waals surface area contributed by atoms with Crippen molar-refractivity contribution in [3.05, 3.63) is 47.8 Å². The highest BCUT2D eigenvalue weighted by Crippen LogP contribution is 2.33. The summed E-state index contributed by atoms with van der Waals surface area (Å²) in [4.78, 5) is 26.7. The quantitative estimate of drug-likeness (QED) is 0.891. The maximum Gasteiger partial charge on any atom is 0.318 e. The van der Waals surface area contributed by atoms with E-state index in [4.69, 9.17) is 0 Å². The minimum atomic E-state index is -0.147. The predicted octanol–water partition coefficient (Wildman–Crippen LogP) is 2.79. The monoisotopic (exact) mass is 325 g/mol. The molecule has 2 amide bonds. The minimum Gasteiger partial charge on any atom is -0.348 e. The van der Waals surface area contributed by atoms with Gasteiger partial charge in [0.05, 0.1) is 12.0 Å². The number of fused-ring (bicyclic) bond motifs is 1. The SMILES string of the molecule is O=C(NC1CCCCC1)N1CCc2[nH]cnc2C1c1ccncc1. The average Bonchev–Trinajstić information content (AvgIpc) is 3.11. The molecule has 126 valence electrons. The molecule has 0 saturated heterocycles. The molecular weight excluding hydrogens is 302 g/mol. The van der Waals surface area contributed by atoms with Gasteiger partial charge in [-0.05, 0) is 30.5 Å². The van der Waals surface area contributed by atoms with Crippen LogP contribution >= 0.6 is 0 Å². The summed E-state index contributed by atoms with van der Waals surface area (Å²) in [5, 5.41) is 3.24. The third-order valence-corrected chi connectivity index (χ3v) is 5.14. The van der Waals surface area contributed by atoms with Crippen LogP contribution in [0, 0.1) is 0 Å². The van der Waals surface area contributed by atoms with Gasteiger partial charge in [-0.3, -0.25) is 4.98 Å². The van der Waals surface area contributed by atoms with Crippen LogP contribution in [0.4, 0.5) is 4.79 Å². The van der Waals surface area contributed by atoms with Crippen molar-refractivity contribution in [3.8, 4) is 0 Å². The number of aromatic amines is 1. The number of carbonyl (C=O) groups excluding carboxylic acids is 1. The lowest BCUT2D eigenvalue weighted by molar-refractivity contribution is 0.171. The third-order valence-electron chi connectivity index (χ3n) is 5.14. The van der Waals surface area contributed by atoms with Gasteiger partial charge in [0.25, 0.3) is 0 Å². The third kappa shape index (κ3) is 2.88. The predicted molar refractivity (Wildman–Crippen MR) is 90.5 cm³/mol. The Kier molecular flexibility index (Phi) is 4.19. The number of imidazole rings is 1. The van der Waals surface area contributed by atoms with Gasteiger partial charge < -0.3 is 15.2 Å². The number of aromatic nitrogens is 3. The largest absolute Gasteiger partial charge is 0.348 e. The molecule has 0 spiro atoms. The molecule has 6 heteroatoms. The molecule has 2 aromatic rings. The minimum absolute atomic E-state index is 0.0253. The number of pyridine rings is 1. The number of urea groups is 1. The molecule has 6 nitrogen and oxygen atoms in total. The Morgan fingerprint density at radius 1 is 1.21 bits per heavy atom. The number of rotatable bonds is 2. The van der Waals surface area contributed by atoms with Crippen molar-refractivity contribution in [3.63, 3.8) is 0 Å². The molecule has 2 N–H and O–H groups in total. The standard InChI is InChI=1S/C18H23N5O/c24-18(22-14-4-2-1-3-5-14)23-11-8-15-16(21-12-20-15)17(23)13-6-9-19-10-7-13/h6-7,9-10,12,14,17H,1-5,8,11H2,(H,20,21)(H,22,24). The first kappa shape index (κ1) is 15.2. The normalized spacial score (nSPS) is 21.3. The van der Waals surface area contributed by atoms with Crippen LogP contribution < -0.4 is 5.32 Å². The summed E-state index contributed by atoms with van der Waals surface area (Å²) in [5.74, 6) is 0. The van der Waals surface area contributed by atoms with Crippen LogP contribution in [0.15, 0.2) is 30.9 Å². The first-order valence-electron chi connectivity index (χ1n) is 8.82. The number of hydrogen-bond donors (Lipinski definition) is 2. The molecule has 24 heavy (non-hydrogen) atoms. The topological polar surface area (TPSA) is 73.9 Å². The van der Waals surface area contributed by atoms with Crippen molar-refractivity contribution < 1.29 is 4.79 Å². The van der Waals surface area contributed by atoms with Crippen molar-refractivity contribution in [2.75, 3.05) is 6.54 Å². The summed E-state index contributed by atoms with van der Waals surface area (Å²) in [6, 6.07) is 4.12. The van der Waals surface area contributed by atoms with Gasteiger partial charge in [0, 0.05) is 37.1 Å². The second-order valence-electron chi connectivity index (χ2n) is 6.68. The van der Waals surface area contributed by atoms with Crippen LogP contribution in [0.1, 0.15) is 55.1 Å². The summed E-state index contributed by atoms with van der Waals surface area (Å²) in [6.07, 6.45) is 12.0. The zero-order valence-corrected chi connectivity index (χ0v) is 13.7. The van der Waals surface area contributed by atoms with Gasteiger partial charge in [0.15, 0.2) is 0 Å². The molecule has 1 fully saturated rings. The smallest absolute Gasteiger partial charge is 0.318 e. The second-order valence-corrected chi connectivity index (χ2v) is 6.68. The highest BCUT2D eigenvalue weighted by atomic mass is 16.2. The Bertz CT molecular complexity index is 692. The van der Waals surface area contributed by atoms with Crippen LogP contribution in [0.3, 0.4) is 0 Å². The lowest BCUT2D eigenvalue weighted by atomic mass is 9.95. The molecule has 4 rings (SSSR count). The summed E-state index contributed by atoms with van der Waals surface area (Å²) in [7, 11) is 0. The Balaban J connectivity index is 1.60. The van der Waals surface area contributed by atoms with Crippen molar-refractivity contribution in [2.24, 2.45) is 0 Å². The van der Waals surface area contributed by atoms with E-state index in [1.807, 2.05) is 17.0 Å². The summed E-state index contributed by atoms with van der Waals surface area (Å²) in [6.45, 7) is 0.695. The highest BCUT2D eigenvalue weighted by Gasteiger charge is 2.34. The van der Waals surface area contributed by atoms with E-state index in [0.29, 0.717) is 12.6 Å². The lowest BCUT2D eigenvalue weighted by Gasteiger charge is -2.36. The van der Waals surface area contributed by atoms with Gasteiger partial charge in [-0.15, -0.1) is 0 Å². The molecule has 0 bridgehead atoms. The van der Waals surface area contributed by atoms with Gasteiger partial charge in [0.1, 0.15) is 6.04 Å². The zero-order chi connectivity index (χ0) is 16.4. The summed E-state index contributed by atoms with van der Waals surface area (Å²) in [5.41, 5.74) is 3.13. The van der Waals surface area contributed by atoms with Gasteiger partial charge in [-0.1, -0.05) is 19.3 Å². The Labute approximate surface area is 141 Å². The van der Waals surface area contributed by atoms with E-state index in [1.165, 1.54) is 19.3 Å². The zero-order valence-electron chi connectivity index (χ0n) is 13.7. The Morgan fingerprint density at radius 2 is 2.00 bits per heavy atom. The Morgan fingerprint density at radius 3 is 2.79 bits per heavy atom. The summed E-state index contributed by atoms with van der Waals surface area (Å²) < 4.78 is 0. The van der Waals surface area contributed by atoms with E-state index in [0.717, 1.165) is 36.2 Å². The Hall–Kier alpha value is -2.37. The molecule has 3 heterocycles. The molecule has 0 radical (unpaired) electrons. The van der Waals surface area contributed by atoms with Crippen LogP contribution in [0.5, 0.6) is 0 Å². The molecule has 2 aliphatic rings. The van der Waals surface area contributed by atoms with Gasteiger partial charge >= 0.3 is 6.03 Å². The molecule has 1 aliphatic heterocycles. The first-order chi connectivity index (χ1) is 11.8. The molecule has 1 saturated carbocycles. The summed E-state index contributed by atoms with van der Waals surface area (Å²) >= 11 is 0. The highest BCUT2D eigenvalue weighted by molar-refractivity contribution is 5.76. The molecule has 1 atom stereocenters. The van der Waals surface area contributed by atoms with Crippen molar-refractivity contribution in [2.45, 2.75) is 50.6 Å². The molecular formula is C18H23N5O. The van der Waals surface area contributed by atoms with Crippen molar-refractivity contribution in [1.29, 1.82) is 0 Å². The van der Waals surface area contributed by atoms with Crippen LogP contribution in [-0.4, -0.2) is 38.5 Å². The number of H-pyrrole nitrogens is 1. The van der Waals surface area contributed by atoms with E-state index in [-0.39, 0.29) is 12.1 Å². The fourth-order valence-electron chi connectivity index (χ4n) is 3.88. The van der Waals surface area contributed by atoms with E-state index < -0.39 is 0 Å². The van der Waals surface area contributed by atoms with E-state index in [9.17, 15) is 4.79 Å². The van der Waals surface area contributed by atoms with Crippen LogP contribution in [0.2, 0.25) is 0 Å². The van der Waals surface area contributed by atoms with E-state index >= 15 is 0 Å². The van der Waals surface area contributed by atoms with Gasteiger partial charge in [-0.2, -0.15) is 0 Å². The van der Waals surface area contributed by atoms with Crippen molar-refractivity contribution in [1.82, 2.24) is 25.2 Å². The van der Waals surface area contributed by atoms with Crippen LogP contribution in [0.25, 0.3) is 0 Å². The molecule has 0 aromatic carbocycles. The number of carbonyl (C=O) groups is 1. The number of nitrogens with one attached hydrogen (secondary N) is 2. The van der Waals surface area contributed by atoms with Crippen molar-refractivity contribution >= 4 is 6.03 Å². The molecule has 1 unspecified atom stereocenters. The first-order valence-corrected chi connectivity index (χ1v) is 8.82. The number of nitrogens with zero attached hydrogens (tertiary/aromatic N) is 3. The van der Waals surface area contributed by atoms with Gasteiger partial charge in [0.2, 0.25) is 0 Å². The second kappa shape index (κ2) is 6.63. The molecule has 1 aliphatic carbocycles. The van der Waals surface area contributed by atoms with E-state index in [2.05, 4.69) is 20.3 Å². The maximum atomic E-state index is 12.9. The molecule has 2 aromatic heterocycles. The fourth-order valence-corrected chi connectivity index (χ4v) is 3.88.